The number of hydrogen-bond acceptors (Lipinski definition) is 4. The Bertz CT molecular complexity index is 1440. The van der Waals surface area contributed by atoms with Crippen LogP contribution in [0.15, 0.2) is 109 Å². The number of halogens is 1. The van der Waals surface area contributed by atoms with E-state index >= 15 is 0 Å². The number of nitrogens with zero attached hydrogens (tertiary/aromatic N) is 2. The molecular weight excluding hydrogens is 504 g/mol. The Hall–Kier alpha value is -3.44. The SMILES string of the molecule is Cc1ccc([C@H]2[C@H](c3ccccc3Cl)C3(CN(C(C)c4ccccc4)CCC3=O)ON2c2ccccc2)cc1. The fourth-order valence-corrected chi connectivity index (χ4v) is 6.51. The highest BCUT2D eigenvalue weighted by molar-refractivity contribution is 6.31. The maximum atomic E-state index is 14.2. The van der Waals surface area contributed by atoms with Gasteiger partial charge in [0.2, 0.25) is 0 Å². The molecule has 2 aliphatic rings. The third kappa shape index (κ3) is 4.67. The summed E-state index contributed by atoms with van der Waals surface area (Å²) in [6, 6.07) is 36.9. The second kappa shape index (κ2) is 10.6. The molecule has 39 heavy (non-hydrogen) atoms. The maximum absolute atomic E-state index is 14.2. The van der Waals surface area contributed by atoms with Crippen LogP contribution < -0.4 is 5.06 Å². The molecule has 6 rings (SSSR count). The molecule has 4 aromatic rings. The molecule has 4 atom stereocenters. The smallest absolute Gasteiger partial charge is 0.176 e. The Morgan fingerprint density at radius 2 is 1.51 bits per heavy atom. The van der Waals surface area contributed by atoms with Crippen LogP contribution in [0.2, 0.25) is 5.02 Å². The number of para-hydroxylation sites is 1. The van der Waals surface area contributed by atoms with Crippen LogP contribution in [0.25, 0.3) is 0 Å². The number of ketones is 1. The number of likely N-dealkylation sites (tertiary alicyclic amines) is 1. The molecule has 0 saturated carbocycles. The molecule has 198 valence electrons. The predicted molar refractivity (Wildman–Crippen MR) is 157 cm³/mol. The van der Waals surface area contributed by atoms with E-state index in [9.17, 15) is 4.79 Å². The summed E-state index contributed by atoms with van der Waals surface area (Å²) in [5.41, 5.74) is 4.25. The van der Waals surface area contributed by atoms with E-state index in [1.54, 1.807) is 0 Å². The van der Waals surface area contributed by atoms with Gasteiger partial charge in [-0.2, -0.15) is 0 Å². The third-order valence-electron chi connectivity index (χ3n) is 8.37. The first-order chi connectivity index (χ1) is 19.0. The molecule has 2 saturated heterocycles. The molecule has 0 amide bonds. The predicted octanol–water partition coefficient (Wildman–Crippen LogP) is 7.70. The largest absolute Gasteiger partial charge is 0.296 e. The molecule has 0 radical (unpaired) electrons. The number of benzene rings is 4. The van der Waals surface area contributed by atoms with Crippen molar-refractivity contribution in [2.24, 2.45) is 0 Å². The van der Waals surface area contributed by atoms with E-state index in [1.165, 1.54) is 11.1 Å². The van der Waals surface area contributed by atoms with Crippen molar-refractivity contribution in [3.8, 4) is 0 Å². The highest BCUT2D eigenvalue weighted by atomic mass is 35.5. The van der Waals surface area contributed by atoms with Crippen LogP contribution in [0.3, 0.4) is 0 Å². The number of hydroxylamine groups is 1. The number of piperidine rings is 1. The molecule has 0 aromatic heterocycles. The zero-order chi connectivity index (χ0) is 27.0. The Kier molecular flexibility index (Phi) is 7.03. The topological polar surface area (TPSA) is 32.8 Å². The lowest BCUT2D eigenvalue weighted by Crippen LogP contribution is -2.58. The zero-order valence-electron chi connectivity index (χ0n) is 22.3. The molecule has 4 aromatic carbocycles. The summed E-state index contributed by atoms with van der Waals surface area (Å²) in [7, 11) is 0. The van der Waals surface area contributed by atoms with Gasteiger partial charge in [-0.3, -0.25) is 14.5 Å². The average Bonchev–Trinajstić information content (AvgIpc) is 3.31. The molecule has 1 spiro atoms. The van der Waals surface area contributed by atoms with Crippen LogP contribution in [0.4, 0.5) is 5.69 Å². The van der Waals surface area contributed by atoms with Gasteiger partial charge in [0.15, 0.2) is 11.4 Å². The molecule has 4 nitrogen and oxygen atoms in total. The van der Waals surface area contributed by atoms with Gasteiger partial charge >= 0.3 is 0 Å². The molecule has 2 fully saturated rings. The first-order valence-corrected chi connectivity index (χ1v) is 14.0. The number of Topliss-reactive ketones (excluding diaryl/α,β-unsaturated/α-hetero) is 1. The molecule has 2 unspecified atom stereocenters. The fourth-order valence-electron chi connectivity index (χ4n) is 6.26. The monoisotopic (exact) mass is 536 g/mol. The number of carbonyl (C=O) groups excluding carboxylic acids is 1. The summed E-state index contributed by atoms with van der Waals surface area (Å²) in [6.07, 6.45) is 0.418. The van der Waals surface area contributed by atoms with Crippen LogP contribution in [0.1, 0.15) is 53.6 Å². The zero-order valence-corrected chi connectivity index (χ0v) is 23.1. The minimum atomic E-state index is -1.10. The van der Waals surface area contributed by atoms with Crippen molar-refractivity contribution in [1.29, 1.82) is 0 Å². The normalized spacial score (nSPS) is 24.3. The minimum Gasteiger partial charge on any atom is -0.296 e. The van der Waals surface area contributed by atoms with Crippen LogP contribution in [0, 0.1) is 6.92 Å². The van der Waals surface area contributed by atoms with Gasteiger partial charge in [-0.15, -0.1) is 0 Å². The molecule has 0 N–H and O–H groups in total. The van der Waals surface area contributed by atoms with Crippen molar-refractivity contribution in [3.05, 3.63) is 136 Å². The van der Waals surface area contributed by atoms with Gasteiger partial charge in [-0.1, -0.05) is 108 Å². The second-order valence-electron chi connectivity index (χ2n) is 10.7. The first-order valence-electron chi connectivity index (χ1n) is 13.6. The Morgan fingerprint density at radius 3 is 2.21 bits per heavy atom. The van der Waals surface area contributed by atoms with E-state index in [-0.39, 0.29) is 23.8 Å². The molecule has 0 bridgehead atoms. The molecule has 2 heterocycles. The molecule has 5 heteroatoms. The van der Waals surface area contributed by atoms with Crippen molar-refractivity contribution < 1.29 is 9.63 Å². The molecule has 0 aliphatic carbocycles. The summed E-state index contributed by atoms with van der Waals surface area (Å²) >= 11 is 6.92. The quantitative estimate of drug-likeness (QED) is 0.261. The van der Waals surface area contributed by atoms with Gasteiger partial charge in [0.05, 0.1) is 17.6 Å². The Balaban J connectivity index is 1.53. The Labute approximate surface area is 235 Å². The van der Waals surface area contributed by atoms with Gasteiger partial charge < -0.3 is 0 Å². The van der Waals surface area contributed by atoms with Crippen molar-refractivity contribution in [1.82, 2.24) is 4.90 Å². The van der Waals surface area contributed by atoms with Gasteiger partial charge in [-0.25, -0.2) is 5.06 Å². The van der Waals surface area contributed by atoms with Crippen LogP contribution in [-0.4, -0.2) is 29.4 Å². The highest BCUT2D eigenvalue weighted by Crippen LogP contribution is 2.56. The summed E-state index contributed by atoms with van der Waals surface area (Å²) in [6.45, 7) is 5.47. The van der Waals surface area contributed by atoms with Crippen molar-refractivity contribution in [2.75, 3.05) is 18.2 Å². The van der Waals surface area contributed by atoms with Gasteiger partial charge in [0, 0.05) is 30.6 Å². The third-order valence-corrected chi connectivity index (χ3v) is 8.71. The highest BCUT2D eigenvalue weighted by Gasteiger charge is 2.62. The molecular formula is C34H33ClN2O2. The van der Waals surface area contributed by atoms with E-state index < -0.39 is 5.60 Å². The number of hydrogen-bond donors (Lipinski definition) is 0. The summed E-state index contributed by atoms with van der Waals surface area (Å²) in [4.78, 5) is 23.6. The van der Waals surface area contributed by atoms with E-state index in [1.807, 2.05) is 59.7 Å². The van der Waals surface area contributed by atoms with Crippen LogP contribution in [0.5, 0.6) is 0 Å². The standard InChI is InChI=1S/C34H33ClN2O2/c1-24-17-19-27(20-18-24)33-32(29-15-9-10-16-30(29)35)34(39-37(33)28-13-7-4-8-14-28)23-36(22-21-31(34)38)25(2)26-11-5-3-6-12-26/h3-20,25,32-33H,21-23H2,1-2H3/t25?,32-,33-,34?/m0/s1. The fraction of sp³-hybridized carbons (Fsp3) is 0.265. The van der Waals surface area contributed by atoms with Gasteiger partial charge in [0.25, 0.3) is 0 Å². The number of aryl methyl sites for hydroxylation is 1. The van der Waals surface area contributed by atoms with Crippen molar-refractivity contribution in [2.45, 2.75) is 43.9 Å². The van der Waals surface area contributed by atoms with Crippen molar-refractivity contribution >= 4 is 23.1 Å². The molecule has 2 aliphatic heterocycles. The van der Waals surface area contributed by atoms with E-state index in [0.29, 0.717) is 24.5 Å². The lowest BCUT2D eigenvalue weighted by atomic mass is 9.71. The van der Waals surface area contributed by atoms with E-state index in [0.717, 1.165) is 16.8 Å². The van der Waals surface area contributed by atoms with Crippen molar-refractivity contribution in [3.63, 3.8) is 0 Å². The number of rotatable bonds is 5. The van der Waals surface area contributed by atoms with Crippen LogP contribution in [-0.2, 0) is 9.63 Å². The lowest BCUT2D eigenvalue weighted by molar-refractivity contribution is -0.151. The van der Waals surface area contributed by atoms with Gasteiger partial charge in [-0.05, 0) is 48.7 Å². The average molecular weight is 537 g/mol. The maximum Gasteiger partial charge on any atom is 0.176 e. The summed E-state index contributed by atoms with van der Waals surface area (Å²) < 4.78 is 0. The van der Waals surface area contributed by atoms with E-state index in [4.69, 9.17) is 16.4 Å². The van der Waals surface area contributed by atoms with Crippen LogP contribution >= 0.6 is 11.6 Å². The summed E-state index contributed by atoms with van der Waals surface area (Å²) in [5.74, 6) is -0.188. The lowest BCUT2D eigenvalue weighted by Gasteiger charge is -2.43. The number of carbonyl (C=O) groups is 1. The van der Waals surface area contributed by atoms with Gasteiger partial charge in [0.1, 0.15) is 0 Å². The Morgan fingerprint density at radius 1 is 0.872 bits per heavy atom. The minimum absolute atomic E-state index is 0.125. The second-order valence-corrected chi connectivity index (χ2v) is 11.1. The first kappa shape index (κ1) is 25.8. The summed E-state index contributed by atoms with van der Waals surface area (Å²) in [5, 5.41) is 2.62. The van der Waals surface area contributed by atoms with E-state index in [2.05, 4.69) is 73.3 Å². The number of anilines is 1.